The van der Waals surface area contributed by atoms with Gasteiger partial charge in [-0.2, -0.15) is 5.10 Å². The van der Waals surface area contributed by atoms with E-state index >= 15 is 0 Å². The van der Waals surface area contributed by atoms with Crippen LogP contribution in [0.25, 0.3) is 5.69 Å². The van der Waals surface area contributed by atoms with Crippen LogP contribution < -0.4 is 0 Å². The van der Waals surface area contributed by atoms with Crippen molar-refractivity contribution in [3.63, 3.8) is 0 Å². The minimum absolute atomic E-state index is 0.222. The molecule has 0 aliphatic heterocycles. The highest BCUT2D eigenvalue weighted by Crippen LogP contribution is 2.26. The van der Waals surface area contributed by atoms with Gasteiger partial charge in [0.1, 0.15) is 22.8 Å². The maximum atomic E-state index is 13.5. The van der Waals surface area contributed by atoms with Crippen LogP contribution in [-0.2, 0) is 0 Å². The zero-order valence-corrected chi connectivity index (χ0v) is 8.85. The van der Waals surface area contributed by atoms with E-state index in [1.54, 1.807) is 0 Å². The van der Waals surface area contributed by atoms with Crippen molar-refractivity contribution < 1.29 is 23.1 Å². The Balaban J connectivity index is 2.66. The molecule has 94 valence electrons. The highest BCUT2D eigenvalue weighted by atomic mass is 19.3. The molecule has 0 saturated carbocycles. The first-order chi connectivity index (χ1) is 8.52. The Labute approximate surface area is 99.3 Å². The van der Waals surface area contributed by atoms with Crippen molar-refractivity contribution in [1.29, 1.82) is 0 Å². The largest absolute Gasteiger partial charge is 0.478 e. The van der Waals surface area contributed by atoms with Crippen LogP contribution in [0, 0.1) is 5.82 Å². The van der Waals surface area contributed by atoms with E-state index in [-0.39, 0.29) is 5.69 Å². The first kappa shape index (κ1) is 12.2. The van der Waals surface area contributed by atoms with Gasteiger partial charge in [0.2, 0.25) is 0 Å². The Bertz CT molecular complexity index is 596. The van der Waals surface area contributed by atoms with Crippen molar-refractivity contribution in [2.75, 3.05) is 0 Å². The number of aromatic carboxylic acids is 1. The minimum atomic E-state index is -3.07. The number of hydrogen-bond acceptors (Lipinski definition) is 2. The topological polar surface area (TPSA) is 55.1 Å². The molecular weight excluding hydrogens is 249 g/mol. The number of halogens is 3. The molecule has 0 aliphatic carbocycles. The smallest absolute Gasteiger partial charge is 0.339 e. The lowest BCUT2D eigenvalue weighted by Gasteiger charge is -2.08. The molecule has 1 heterocycles. The molecule has 0 bridgehead atoms. The quantitative estimate of drug-likeness (QED) is 0.918. The molecule has 2 rings (SSSR count). The second-order valence-electron chi connectivity index (χ2n) is 3.41. The standard InChI is InChI=1S/C11H7F3N2O2/c12-7-3-1-2-4-8(7)16-9(10(13)14)6(5-15-16)11(17)18/h1-5,10H,(H,17,18). The van der Waals surface area contributed by atoms with Gasteiger partial charge in [-0.15, -0.1) is 0 Å². The van der Waals surface area contributed by atoms with E-state index in [1.165, 1.54) is 18.2 Å². The van der Waals surface area contributed by atoms with Crippen LogP contribution in [0.4, 0.5) is 13.2 Å². The predicted octanol–water partition coefficient (Wildman–Crippen LogP) is 2.65. The van der Waals surface area contributed by atoms with E-state index in [0.29, 0.717) is 4.68 Å². The molecule has 0 radical (unpaired) electrons. The van der Waals surface area contributed by atoms with Gasteiger partial charge >= 0.3 is 5.97 Å². The molecule has 1 N–H and O–H groups in total. The first-order valence-electron chi connectivity index (χ1n) is 4.86. The van der Waals surface area contributed by atoms with Crippen LogP contribution in [0.1, 0.15) is 22.5 Å². The Morgan fingerprint density at radius 1 is 1.33 bits per heavy atom. The van der Waals surface area contributed by atoms with Crippen LogP contribution in [0.3, 0.4) is 0 Å². The number of alkyl halides is 2. The van der Waals surface area contributed by atoms with Crippen LogP contribution in [0.15, 0.2) is 30.5 Å². The maximum absolute atomic E-state index is 13.5. The molecule has 0 atom stereocenters. The van der Waals surface area contributed by atoms with Gasteiger partial charge < -0.3 is 5.11 Å². The van der Waals surface area contributed by atoms with E-state index in [1.807, 2.05) is 0 Å². The van der Waals surface area contributed by atoms with Gasteiger partial charge in [0.15, 0.2) is 0 Å². The number of para-hydroxylation sites is 1. The molecule has 0 fully saturated rings. The van der Waals surface area contributed by atoms with Crippen LogP contribution in [-0.4, -0.2) is 20.9 Å². The van der Waals surface area contributed by atoms with Gasteiger partial charge in [-0.3, -0.25) is 0 Å². The summed E-state index contributed by atoms with van der Waals surface area (Å²) in [6, 6.07) is 5.14. The second-order valence-corrected chi connectivity index (χ2v) is 3.41. The summed E-state index contributed by atoms with van der Waals surface area (Å²) in [5, 5.41) is 12.3. The fourth-order valence-electron chi connectivity index (χ4n) is 1.55. The highest BCUT2D eigenvalue weighted by Gasteiger charge is 2.25. The van der Waals surface area contributed by atoms with Crippen molar-refractivity contribution in [2.24, 2.45) is 0 Å². The molecule has 0 saturated heterocycles. The number of hydrogen-bond donors (Lipinski definition) is 1. The number of carboxylic acids is 1. The van der Waals surface area contributed by atoms with Gasteiger partial charge in [0.25, 0.3) is 6.43 Å². The van der Waals surface area contributed by atoms with Gasteiger partial charge in [-0.25, -0.2) is 22.6 Å². The van der Waals surface area contributed by atoms with Gasteiger partial charge in [-0.1, -0.05) is 12.1 Å². The number of nitrogens with zero attached hydrogens (tertiary/aromatic N) is 2. The molecule has 18 heavy (non-hydrogen) atoms. The molecule has 0 unspecified atom stereocenters. The molecule has 4 nitrogen and oxygen atoms in total. The summed E-state index contributed by atoms with van der Waals surface area (Å²) in [5.41, 5.74) is -1.71. The summed E-state index contributed by atoms with van der Waals surface area (Å²) < 4.78 is 39.8. The van der Waals surface area contributed by atoms with Crippen LogP contribution in [0.2, 0.25) is 0 Å². The zero-order valence-electron chi connectivity index (χ0n) is 8.85. The maximum Gasteiger partial charge on any atom is 0.339 e. The third-order valence-corrected chi connectivity index (χ3v) is 2.32. The molecule has 7 heteroatoms. The van der Waals surface area contributed by atoms with Crippen molar-refractivity contribution in [3.8, 4) is 5.69 Å². The van der Waals surface area contributed by atoms with Crippen molar-refractivity contribution in [2.45, 2.75) is 6.43 Å². The summed E-state index contributed by atoms with van der Waals surface area (Å²) in [4.78, 5) is 10.8. The van der Waals surface area contributed by atoms with Crippen molar-refractivity contribution >= 4 is 5.97 Å². The number of carboxylic acid groups (broad SMARTS) is 1. The summed E-state index contributed by atoms with van der Waals surface area (Å²) >= 11 is 0. The van der Waals surface area contributed by atoms with Crippen molar-refractivity contribution in [1.82, 2.24) is 9.78 Å². The summed E-state index contributed by atoms with van der Waals surface area (Å²) in [6.07, 6.45) is -2.30. The fraction of sp³-hybridized carbons (Fsp3) is 0.0909. The van der Waals surface area contributed by atoms with E-state index < -0.39 is 29.5 Å². The lowest BCUT2D eigenvalue weighted by Crippen LogP contribution is -2.08. The average Bonchev–Trinajstić information content (AvgIpc) is 2.74. The molecule has 0 spiro atoms. The average molecular weight is 256 g/mol. The first-order valence-corrected chi connectivity index (χ1v) is 4.86. The normalized spacial score (nSPS) is 10.9. The molecule has 1 aromatic heterocycles. The number of carbonyl (C=O) groups is 1. The number of rotatable bonds is 3. The minimum Gasteiger partial charge on any atom is -0.478 e. The predicted molar refractivity (Wildman–Crippen MR) is 55.4 cm³/mol. The zero-order chi connectivity index (χ0) is 13.3. The third kappa shape index (κ3) is 1.94. The van der Waals surface area contributed by atoms with Gasteiger partial charge in [0.05, 0.1) is 6.20 Å². The molecule has 2 aromatic rings. The van der Waals surface area contributed by atoms with E-state index in [2.05, 4.69) is 5.10 Å². The Kier molecular flexibility index (Phi) is 3.05. The Hall–Kier alpha value is -2.31. The van der Waals surface area contributed by atoms with Crippen LogP contribution >= 0.6 is 0 Å². The fourth-order valence-corrected chi connectivity index (χ4v) is 1.55. The Morgan fingerprint density at radius 3 is 2.56 bits per heavy atom. The third-order valence-electron chi connectivity index (χ3n) is 2.32. The highest BCUT2D eigenvalue weighted by molar-refractivity contribution is 5.88. The lowest BCUT2D eigenvalue weighted by atomic mass is 10.2. The molecule has 0 amide bonds. The summed E-state index contributed by atoms with van der Waals surface area (Å²) in [5.74, 6) is -2.30. The van der Waals surface area contributed by atoms with E-state index in [9.17, 15) is 18.0 Å². The number of benzene rings is 1. The Morgan fingerprint density at radius 2 is 2.00 bits per heavy atom. The summed E-state index contributed by atoms with van der Waals surface area (Å²) in [7, 11) is 0. The summed E-state index contributed by atoms with van der Waals surface area (Å²) in [6.45, 7) is 0. The van der Waals surface area contributed by atoms with E-state index in [0.717, 1.165) is 12.3 Å². The lowest BCUT2D eigenvalue weighted by molar-refractivity contribution is 0.0683. The van der Waals surface area contributed by atoms with Crippen molar-refractivity contribution in [3.05, 3.63) is 47.5 Å². The van der Waals surface area contributed by atoms with Crippen LogP contribution in [0.5, 0.6) is 0 Å². The monoisotopic (exact) mass is 256 g/mol. The van der Waals surface area contributed by atoms with Gasteiger partial charge in [-0.05, 0) is 12.1 Å². The molecule has 1 aromatic carbocycles. The molecular formula is C11H7F3N2O2. The molecule has 0 aliphatic rings. The SMILES string of the molecule is O=C(O)c1cnn(-c2ccccc2F)c1C(F)F. The van der Waals surface area contributed by atoms with Gasteiger partial charge in [0, 0.05) is 0 Å². The second kappa shape index (κ2) is 4.52. The number of aromatic nitrogens is 2. The van der Waals surface area contributed by atoms with E-state index in [4.69, 9.17) is 5.11 Å².